The summed E-state index contributed by atoms with van der Waals surface area (Å²) in [5.74, 6) is 0.966. The number of benzene rings is 1. The normalized spacial score (nSPS) is 25.6. The molecule has 3 heteroatoms. The lowest BCUT2D eigenvalue weighted by Crippen LogP contribution is -2.45. The molecule has 1 aromatic rings. The van der Waals surface area contributed by atoms with E-state index in [1.807, 2.05) is 0 Å². The fraction of sp³-hybridized carbons (Fsp3) is 0.647. The van der Waals surface area contributed by atoms with Crippen LogP contribution in [0.3, 0.4) is 0 Å². The van der Waals surface area contributed by atoms with Crippen molar-refractivity contribution in [2.24, 2.45) is 0 Å². The van der Waals surface area contributed by atoms with Crippen molar-refractivity contribution in [3.8, 4) is 5.75 Å². The van der Waals surface area contributed by atoms with Crippen LogP contribution in [-0.2, 0) is 4.74 Å². The van der Waals surface area contributed by atoms with Crippen LogP contribution in [-0.4, -0.2) is 18.3 Å². The van der Waals surface area contributed by atoms with E-state index in [0.717, 1.165) is 29.7 Å². The molecule has 0 bridgehead atoms. The molecule has 110 valence electrons. The Morgan fingerprint density at radius 3 is 2.80 bits per heavy atom. The van der Waals surface area contributed by atoms with Crippen molar-refractivity contribution in [2.75, 3.05) is 6.61 Å². The molecule has 1 saturated carbocycles. The van der Waals surface area contributed by atoms with Crippen LogP contribution in [0, 0.1) is 6.92 Å². The van der Waals surface area contributed by atoms with Gasteiger partial charge in [0.2, 0.25) is 0 Å². The van der Waals surface area contributed by atoms with Crippen LogP contribution < -0.4 is 4.74 Å². The molecule has 0 radical (unpaired) electrons. The van der Waals surface area contributed by atoms with Crippen LogP contribution in [0.5, 0.6) is 5.75 Å². The van der Waals surface area contributed by atoms with E-state index in [0.29, 0.717) is 6.10 Å². The molecule has 0 N–H and O–H groups in total. The fourth-order valence-electron chi connectivity index (χ4n) is 3.51. The zero-order chi connectivity index (χ0) is 14.0. The molecule has 20 heavy (non-hydrogen) atoms. The number of rotatable bonds is 2. The van der Waals surface area contributed by atoms with E-state index in [2.05, 4.69) is 41.1 Å². The molecule has 1 heterocycles. The molecule has 2 nitrogen and oxygen atoms in total. The SMILES string of the molecule is Cc1ccc(OC2CCOC3(CCCCC3)C2)c(Br)c1. The average molecular weight is 339 g/mol. The fourth-order valence-corrected chi connectivity index (χ4v) is 4.10. The third-order valence-electron chi connectivity index (χ3n) is 4.59. The molecule has 0 amide bonds. The van der Waals surface area contributed by atoms with Gasteiger partial charge in [0.1, 0.15) is 11.9 Å². The molecular formula is C17H23BrO2. The van der Waals surface area contributed by atoms with Gasteiger partial charge in [0.05, 0.1) is 16.7 Å². The highest BCUT2D eigenvalue weighted by molar-refractivity contribution is 9.10. The van der Waals surface area contributed by atoms with Crippen molar-refractivity contribution in [1.29, 1.82) is 0 Å². The molecule has 1 atom stereocenters. The Labute approximate surface area is 130 Å². The topological polar surface area (TPSA) is 18.5 Å². The predicted molar refractivity (Wildman–Crippen MR) is 84.3 cm³/mol. The molecule has 0 aromatic heterocycles. The Kier molecular flexibility index (Phi) is 4.37. The van der Waals surface area contributed by atoms with Crippen molar-refractivity contribution in [1.82, 2.24) is 0 Å². The first-order chi connectivity index (χ1) is 9.67. The summed E-state index contributed by atoms with van der Waals surface area (Å²) in [4.78, 5) is 0. The second-order valence-electron chi connectivity index (χ2n) is 6.26. The highest BCUT2D eigenvalue weighted by Crippen LogP contribution is 2.40. The van der Waals surface area contributed by atoms with Crippen LogP contribution in [0.25, 0.3) is 0 Å². The standard InChI is InChI=1S/C17H23BrO2/c1-13-5-6-16(15(18)11-13)20-14-7-10-19-17(12-14)8-3-2-4-9-17/h5-6,11,14H,2-4,7-10,12H2,1H3. The smallest absolute Gasteiger partial charge is 0.133 e. The van der Waals surface area contributed by atoms with Gasteiger partial charge in [-0.15, -0.1) is 0 Å². The number of hydrogen-bond acceptors (Lipinski definition) is 2. The van der Waals surface area contributed by atoms with E-state index in [4.69, 9.17) is 9.47 Å². The minimum atomic E-state index is 0.109. The Balaban J connectivity index is 1.68. The summed E-state index contributed by atoms with van der Waals surface area (Å²) in [5, 5.41) is 0. The van der Waals surface area contributed by atoms with E-state index in [1.54, 1.807) is 0 Å². The van der Waals surface area contributed by atoms with Gasteiger partial charge < -0.3 is 9.47 Å². The number of aryl methyl sites for hydroxylation is 1. The van der Waals surface area contributed by atoms with Crippen LogP contribution in [0.2, 0.25) is 0 Å². The Morgan fingerprint density at radius 2 is 2.05 bits per heavy atom. The summed E-state index contributed by atoms with van der Waals surface area (Å²) in [6.45, 7) is 2.94. The molecule has 1 unspecified atom stereocenters. The summed E-state index contributed by atoms with van der Waals surface area (Å²) < 4.78 is 13.4. The maximum absolute atomic E-state index is 6.24. The van der Waals surface area contributed by atoms with E-state index in [9.17, 15) is 0 Å². The average Bonchev–Trinajstić information content (AvgIpc) is 2.43. The molecule has 3 rings (SSSR count). The molecule has 1 spiro atoms. The van der Waals surface area contributed by atoms with Crippen molar-refractivity contribution >= 4 is 15.9 Å². The number of hydrogen-bond donors (Lipinski definition) is 0. The Bertz CT molecular complexity index is 461. The van der Waals surface area contributed by atoms with Crippen molar-refractivity contribution in [2.45, 2.75) is 63.6 Å². The molecule has 2 fully saturated rings. The predicted octanol–water partition coefficient (Wildman–Crippen LogP) is 5.02. The minimum absolute atomic E-state index is 0.109. The van der Waals surface area contributed by atoms with Crippen LogP contribution in [0.1, 0.15) is 50.5 Å². The van der Waals surface area contributed by atoms with Gasteiger partial charge in [-0.1, -0.05) is 25.3 Å². The summed E-state index contributed by atoms with van der Waals surface area (Å²) in [7, 11) is 0. The monoisotopic (exact) mass is 338 g/mol. The largest absolute Gasteiger partial charge is 0.489 e. The second kappa shape index (κ2) is 6.07. The Morgan fingerprint density at radius 1 is 1.25 bits per heavy atom. The van der Waals surface area contributed by atoms with Gasteiger partial charge in [-0.05, 0) is 53.4 Å². The highest BCUT2D eigenvalue weighted by Gasteiger charge is 2.39. The zero-order valence-corrected chi connectivity index (χ0v) is 13.7. The van der Waals surface area contributed by atoms with Crippen molar-refractivity contribution in [3.63, 3.8) is 0 Å². The molecule has 1 saturated heterocycles. The summed E-state index contributed by atoms with van der Waals surface area (Å²) in [5.41, 5.74) is 1.36. The van der Waals surface area contributed by atoms with Crippen molar-refractivity contribution in [3.05, 3.63) is 28.2 Å². The summed E-state index contributed by atoms with van der Waals surface area (Å²) in [6, 6.07) is 6.29. The molecular weight excluding hydrogens is 316 g/mol. The number of ether oxygens (including phenoxy) is 2. The van der Waals surface area contributed by atoms with Gasteiger partial charge >= 0.3 is 0 Å². The van der Waals surface area contributed by atoms with Crippen LogP contribution in [0.15, 0.2) is 22.7 Å². The van der Waals surface area contributed by atoms with Gasteiger partial charge in [-0.2, -0.15) is 0 Å². The summed E-state index contributed by atoms with van der Waals surface area (Å²) in [6.07, 6.45) is 8.74. The van der Waals surface area contributed by atoms with Gasteiger partial charge in [0.25, 0.3) is 0 Å². The second-order valence-corrected chi connectivity index (χ2v) is 7.11. The van der Waals surface area contributed by atoms with Crippen molar-refractivity contribution < 1.29 is 9.47 Å². The lowest BCUT2D eigenvalue weighted by atomic mass is 9.79. The summed E-state index contributed by atoms with van der Waals surface area (Å²) >= 11 is 3.61. The van der Waals surface area contributed by atoms with E-state index >= 15 is 0 Å². The third kappa shape index (κ3) is 3.20. The maximum atomic E-state index is 6.24. The van der Waals surface area contributed by atoms with Gasteiger partial charge in [-0.3, -0.25) is 0 Å². The van der Waals surface area contributed by atoms with E-state index in [1.165, 1.54) is 37.7 Å². The van der Waals surface area contributed by atoms with Gasteiger partial charge in [-0.25, -0.2) is 0 Å². The number of halogens is 1. The van der Waals surface area contributed by atoms with E-state index < -0.39 is 0 Å². The molecule has 1 aliphatic heterocycles. The quantitative estimate of drug-likeness (QED) is 0.753. The lowest BCUT2D eigenvalue weighted by molar-refractivity contribution is -0.129. The van der Waals surface area contributed by atoms with Crippen LogP contribution in [0.4, 0.5) is 0 Å². The van der Waals surface area contributed by atoms with Gasteiger partial charge in [0.15, 0.2) is 0 Å². The maximum Gasteiger partial charge on any atom is 0.133 e. The molecule has 1 aromatic carbocycles. The van der Waals surface area contributed by atoms with E-state index in [-0.39, 0.29) is 5.60 Å². The molecule has 2 aliphatic rings. The first-order valence-electron chi connectivity index (χ1n) is 7.74. The van der Waals surface area contributed by atoms with Gasteiger partial charge in [0, 0.05) is 12.8 Å². The Hall–Kier alpha value is -0.540. The third-order valence-corrected chi connectivity index (χ3v) is 5.21. The zero-order valence-electron chi connectivity index (χ0n) is 12.2. The first-order valence-corrected chi connectivity index (χ1v) is 8.53. The highest BCUT2D eigenvalue weighted by atomic mass is 79.9. The van der Waals surface area contributed by atoms with Crippen LogP contribution >= 0.6 is 15.9 Å². The lowest BCUT2D eigenvalue weighted by Gasteiger charge is -2.43. The first kappa shape index (κ1) is 14.4. The molecule has 1 aliphatic carbocycles. The minimum Gasteiger partial charge on any atom is -0.489 e.